The molecule has 5 nitrogen and oxygen atoms in total. The maximum Gasteiger partial charge on any atom is 0.416 e. The van der Waals surface area contributed by atoms with Crippen molar-refractivity contribution in [1.29, 1.82) is 0 Å². The largest absolute Gasteiger partial charge is 0.477 e. The van der Waals surface area contributed by atoms with E-state index in [1.165, 1.54) is 4.68 Å². The Morgan fingerprint density at radius 3 is 2.67 bits per heavy atom. The lowest BCUT2D eigenvalue weighted by Gasteiger charge is -2.09. The van der Waals surface area contributed by atoms with E-state index < -0.39 is 23.5 Å². The lowest BCUT2D eigenvalue weighted by Crippen LogP contribution is -2.08. The molecule has 4 aromatic rings. The molecule has 0 radical (unpaired) electrons. The summed E-state index contributed by atoms with van der Waals surface area (Å²) in [6, 6.07) is 7.59. The van der Waals surface area contributed by atoms with Crippen molar-refractivity contribution in [3.63, 3.8) is 0 Å². The fourth-order valence-electron chi connectivity index (χ4n) is 3.16. The van der Waals surface area contributed by atoms with Crippen molar-refractivity contribution >= 4 is 28.2 Å². The van der Waals surface area contributed by atoms with Gasteiger partial charge in [0.2, 0.25) is 0 Å². The summed E-state index contributed by atoms with van der Waals surface area (Å²) in [5.41, 5.74) is 0.676. The van der Waals surface area contributed by atoms with Gasteiger partial charge in [-0.25, -0.2) is 14.2 Å². The van der Waals surface area contributed by atoms with Gasteiger partial charge in [-0.15, -0.1) is 11.3 Å². The Morgan fingerprint density at radius 1 is 1.23 bits per heavy atom. The van der Waals surface area contributed by atoms with E-state index in [0.29, 0.717) is 33.2 Å². The van der Waals surface area contributed by atoms with Crippen molar-refractivity contribution in [3.05, 3.63) is 70.1 Å². The van der Waals surface area contributed by atoms with E-state index in [-0.39, 0.29) is 17.0 Å². The predicted octanol–water partition coefficient (Wildman–Crippen LogP) is 5.37. The average molecular weight is 435 g/mol. The molecule has 0 bridgehead atoms. The quantitative estimate of drug-likeness (QED) is 0.438. The standard InChI is InChI=1S/C20H13F4N3O2S/c1-10-17(19(28)29)30-18(25-10)14-3-2-4-16-15(14)9-27(26-16)8-11-5-12(20(22,23)24)7-13(21)6-11/h2-7,9H,8H2,1H3,(H,28,29). The molecule has 0 aliphatic heterocycles. The van der Waals surface area contributed by atoms with Crippen LogP contribution >= 0.6 is 11.3 Å². The molecule has 0 aliphatic rings. The second kappa shape index (κ2) is 7.21. The van der Waals surface area contributed by atoms with E-state index in [9.17, 15) is 27.5 Å². The summed E-state index contributed by atoms with van der Waals surface area (Å²) in [5, 5.41) is 14.8. The number of thiazole rings is 1. The summed E-state index contributed by atoms with van der Waals surface area (Å²) in [7, 11) is 0. The van der Waals surface area contributed by atoms with Crippen molar-refractivity contribution in [1.82, 2.24) is 14.8 Å². The van der Waals surface area contributed by atoms with Crippen LogP contribution in [0.15, 0.2) is 42.6 Å². The van der Waals surface area contributed by atoms with Gasteiger partial charge < -0.3 is 5.11 Å². The maximum atomic E-state index is 13.7. The summed E-state index contributed by atoms with van der Waals surface area (Å²) >= 11 is 1.03. The lowest BCUT2D eigenvalue weighted by molar-refractivity contribution is -0.137. The second-order valence-electron chi connectivity index (χ2n) is 6.65. The molecule has 0 spiro atoms. The number of aromatic nitrogens is 3. The number of hydrogen-bond acceptors (Lipinski definition) is 4. The van der Waals surface area contributed by atoms with Crippen LogP contribution in [0.3, 0.4) is 0 Å². The van der Waals surface area contributed by atoms with Crippen molar-refractivity contribution in [2.45, 2.75) is 19.6 Å². The number of nitrogens with zero attached hydrogens (tertiary/aromatic N) is 3. The van der Waals surface area contributed by atoms with Crippen LogP contribution in [0.1, 0.15) is 26.5 Å². The summed E-state index contributed by atoms with van der Waals surface area (Å²) in [6.45, 7) is 1.54. The highest BCUT2D eigenvalue weighted by Gasteiger charge is 2.31. The van der Waals surface area contributed by atoms with Crippen molar-refractivity contribution in [2.24, 2.45) is 0 Å². The topological polar surface area (TPSA) is 68.0 Å². The molecule has 2 aromatic carbocycles. The summed E-state index contributed by atoms with van der Waals surface area (Å²) in [4.78, 5) is 15.8. The number of carboxylic acids is 1. The molecular formula is C20H13F4N3O2S. The highest BCUT2D eigenvalue weighted by molar-refractivity contribution is 7.17. The predicted molar refractivity (Wildman–Crippen MR) is 103 cm³/mol. The van der Waals surface area contributed by atoms with E-state index in [4.69, 9.17) is 0 Å². The molecule has 0 aliphatic carbocycles. The molecule has 10 heteroatoms. The molecule has 0 saturated heterocycles. The van der Waals surface area contributed by atoms with Crippen LogP contribution in [0.2, 0.25) is 0 Å². The van der Waals surface area contributed by atoms with E-state index in [1.807, 2.05) is 0 Å². The van der Waals surface area contributed by atoms with Crippen LogP contribution < -0.4 is 0 Å². The van der Waals surface area contributed by atoms with Gasteiger partial charge in [0.25, 0.3) is 0 Å². The fourth-order valence-corrected chi connectivity index (χ4v) is 4.11. The van der Waals surface area contributed by atoms with Crippen molar-refractivity contribution < 1.29 is 27.5 Å². The number of rotatable bonds is 4. The number of carbonyl (C=O) groups is 1. The van der Waals surface area contributed by atoms with Gasteiger partial charge in [0.05, 0.1) is 23.3 Å². The fraction of sp³-hybridized carbons (Fsp3) is 0.150. The molecular weight excluding hydrogens is 422 g/mol. The third-order valence-electron chi connectivity index (χ3n) is 4.45. The third-order valence-corrected chi connectivity index (χ3v) is 5.63. The van der Waals surface area contributed by atoms with Crippen molar-refractivity contribution in [3.8, 4) is 10.6 Å². The zero-order valence-corrected chi connectivity index (χ0v) is 16.2. The number of halogens is 4. The van der Waals surface area contributed by atoms with Gasteiger partial charge >= 0.3 is 12.1 Å². The first-order valence-electron chi connectivity index (χ1n) is 8.66. The Hall–Kier alpha value is -3.27. The van der Waals surface area contributed by atoms with E-state index in [1.54, 1.807) is 31.3 Å². The highest BCUT2D eigenvalue weighted by Crippen LogP contribution is 2.34. The normalized spacial score (nSPS) is 11.9. The second-order valence-corrected chi connectivity index (χ2v) is 7.65. The molecule has 2 heterocycles. The Kier molecular flexibility index (Phi) is 4.81. The van der Waals surface area contributed by atoms with E-state index in [0.717, 1.165) is 23.5 Å². The van der Waals surface area contributed by atoms with Gasteiger partial charge in [-0.1, -0.05) is 12.1 Å². The SMILES string of the molecule is Cc1nc(-c2cccc3nn(Cc4cc(F)cc(C(F)(F)F)c4)cc23)sc1C(=O)O. The number of aryl methyl sites for hydroxylation is 1. The number of alkyl halides is 3. The summed E-state index contributed by atoms with van der Waals surface area (Å²) in [6.07, 6.45) is -3.02. The Balaban J connectivity index is 1.74. The molecule has 0 unspecified atom stereocenters. The molecule has 4 rings (SSSR count). The number of fused-ring (bicyclic) bond motifs is 1. The van der Waals surface area contributed by atoms with Crippen LogP contribution in [-0.2, 0) is 12.7 Å². The van der Waals surface area contributed by atoms with Crippen LogP contribution in [0.4, 0.5) is 17.6 Å². The monoisotopic (exact) mass is 435 g/mol. The Morgan fingerprint density at radius 2 is 2.00 bits per heavy atom. The van der Waals surface area contributed by atoms with Crippen LogP contribution in [0.25, 0.3) is 21.5 Å². The molecule has 1 N–H and O–H groups in total. The number of benzene rings is 2. The lowest BCUT2D eigenvalue weighted by atomic mass is 10.1. The number of carboxylic acid groups (broad SMARTS) is 1. The minimum atomic E-state index is -4.65. The third kappa shape index (κ3) is 3.78. The molecule has 30 heavy (non-hydrogen) atoms. The van der Waals surface area contributed by atoms with Crippen molar-refractivity contribution in [2.75, 3.05) is 0 Å². The summed E-state index contributed by atoms with van der Waals surface area (Å²) < 4.78 is 53.9. The Labute approximate surface area is 171 Å². The Bertz CT molecular complexity index is 1280. The summed E-state index contributed by atoms with van der Waals surface area (Å²) in [5.74, 6) is -2.04. The minimum Gasteiger partial charge on any atom is -0.477 e. The molecule has 0 amide bonds. The van der Waals surface area contributed by atoms with Crippen LogP contribution in [-0.4, -0.2) is 25.8 Å². The number of aromatic carboxylic acids is 1. The highest BCUT2D eigenvalue weighted by atomic mass is 32.1. The maximum absolute atomic E-state index is 13.7. The van der Waals surface area contributed by atoms with Gasteiger partial charge in [-0.05, 0) is 36.8 Å². The van der Waals surface area contributed by atoms with Gasteiger partial charge in [0.15, 0.2) is 0 Å². The van der Waals surface area contributed by atoms with Gasteiger partial charge in [0.1, 0.15) is 15.7 Å². The molecule has 0 saturated carbocycles. The van der Waals surface area contributed by atoms with E-state index in [2.05, 4.69) is 10.1 Å². The molecule has 0 atom stereocenters. The van der Waals surface area contributed by atoms with Crippen LogP contribution in [0, 0.1) is 12.7 Å². The zero-order valence-electron chi connectivity index (χ0n) is 15.4. The minimum absolute atomic E-state index is 0.0633. The van der Waals surface area contributed by atoms with Crippen LogP contribution in [0.5, 0.6) is 0 Å². The van der Waals surface area contributed by atoms with Gasteiger partial charge in [-0.2, -0.15) is 18.3 Å². The van der Waals surface area contributed by atoms with E-state index >= 15 is 0 Å². The van der Waals surface area contributed by atoms with Gasteiger partial charge in [0, 0.05) is 17.1 Å². The first-order chi connectivity index (χ1) is 14.1. The number of hydrogen-bond donors (Lipinski definition) is 1. The smallest absolute Gasteiger partial charge is 0.416 e. The first kappa shape index (κ1) is 20.0. The first-order valence-corrected chi connectivity index (χ1v) is 9.47. The molecule has 154 valence electrons. The molecule has 2 aromatic heterocycles. The molecule has 0 fully saturated rings. The average Bonchev–Trinajstić information content (AvgIpc) is 3.23. The zero-order chi connectivity index (χ0) is 21.6. The van der Waals surface area contributed by atoms with Gasteiger partial charge in [-0.3, -0.25) is 4.68 Å².